The normalized spacial score (nSPS) is 18.6. The fraction of sp³-hybridized carbons (Fsp3) is 0.529. The quantitative estimate of drug-likeness (QED) is 0.929. The van der Waals surface area contributed by atoms with Crippen LogP contribution in [0.15, 0.2) is 24.3 Å². The lowest BCUT2D eigenvalue weighted by Crippen LogP contribution is -2.38. The number of carbonyl (C=O) groups is 2. The number of hydrogen-bond donors (Lipinski definition) is 1. The number of carbonyl (C=O) groups excluding carboxylic acids is 2. The minimum Gasteiger partial charge on any atom is -0.336 e. The first-order chi connectivity index (χ1) is 10.7. The Labute approximate surface area is 131 Å². The van der Waals surface area contributed by atoms with Gasteiger partial charge in [0.15, 0.2) is 0 Å². The molecule has 0 radical (unpaired) electrons. The fourth-order valence-corrected chi connectivity index (χ4v) is 3.45. The third-order valence-corrected chi connectivity index (χ3v) is 4.65. The summed E-state index contributed by atoms with van der Waals surface area (Å²) in [6.45, 7) is 4.14. The van der Waals surface area contributed by atoms with Gasteiger partial charge in [0, 0.05) is 36.9 Å². The van der Waals surface area contributed by atoms with Gasteiger partial charge in [0.05, 0.1) is 0 Å². The van der Waals surface area contributed by atoms with E-state index in [-0.39, 0.29) is 11.9 Å². The van der Waals surface area contributed by atoms with Crippen LogP contribution in [0.4, 0.5) is 10.5 Å². The Morgan fingerprint density at radius 2 is 1.95 bits per heavy atom. The Balaban J connectivity index is 1.73. The Kier molecular flexibility index (Phi) is 4.32. The van der Waals surface area contributed by atoms with Crippen molar-refractivity contribution < 1.29 is 9.59 Å². The molecule has 3 rings (SSSR count). The smallest absolute Gasteiger partial charge is 0.321 e. The molecule has 1 heterocycles. The zero-order valence-electron chi connectivity index (χ0n) is 13.0. The Hall–Kier alpha value is -2.04. The molecule has 2 fully saturated rings. The lowest BCUT2D eigenvalue weighted by Gasteiger charge is -2.28. The van der Waals surface area contributed by atoms with Crippen LogP contribution in [0.1, 0.15) is 43.0 Å². The monoisotopic (exact) mass is 301 g/mol. The second kappa shape index (κ2) is 6.38. The van der Waals surface area contributed by atoms with Gasteiger partial charge in [-0.25, -0.2) is 4.79 Å². The van der Waals surface area contributed by atoms with Gasteiger partial charge in [-0.3, -0.25) is 9.69 Å². The van der Waals surface area contributed by atoms with Gasteiger partial charge in [-0.05, 0) is 44.0 Å². The van der Waals surface area contributed by atoms with Gasteiger partial charge in [-0.2, -0.15) is 0 Å². The molecule has 1 N–H and O–H groups in total. The zero-order valence-corrected chi connectivity index (χ0v) is 13.0. The van der Waals surface area contributed by atoms with Crippen LogP contribution in [0.5, 0.6) is 0 Å². The summed E-state index contributed by atoms with van der Waals surface area (Å²) < 4.78 is 0. The van der Waals surface area contributed by atoms with E-state index in [0.29, 0.717) is 24.7 Å². The summed E-state index contributed by atoms with van der Waals surface area (Å²) in [4.78, 5) is 28.0. The zero-order chi connectivity index (χ0) is 15.5. The van der Waals surface area contributed by atoms with E-state index in [1.165, 1.54) is 12.8 Å². The minimum atomic E-state index is -0.0692. The molecule has 5 nitrogen and oxygen atoms in total. The molecule has 0 atom stereocenters. The maximum atomic E-state index is 12.7. The first kappa shape index (κ1) is 14.9. The molecule has 22 heavy (non-hydrogen) atoms. The van der Waals surface area contributed by atoms with E-state index in [1.807, 2.05) is 36.1 Å². The van der Waals surface area contributed by atoms with Crippen LogP contribution >= 0.6 is 0 Å². The third-order valence-electron chi connectivity index (χ3n) is 4.65. The summed E-state index contributed by atoms with van der Waals surface area (Å²) in [7, 11) is 0. The van der Waals surface area contributed by atoms with E-state index in [1.54, 1.807) is 4.90 Å². The van der Waals surface area contributed by atoms with Gasteiger partial charge in [-0.1, -0.05) is 12.8 Å². The molecule has 1 aliphatic carbocycles. The lowest BCUT2D eigenvalue weighted by atomic mass is 10.1. The van der Waals surface area contributed by atoms with E-state index in [2.05, 4.69) is 5.32 Å². The first-order valence-corrected chi connectivity index (χ1v) is 8.17. The van der Waals surface area contributed by atoms with Crippen molar-refractivity contribution in [1.82, 2.24) is 10.2 Å². The molecule has 0 unspecified atom stereocenters. The highest BCUT2D eigenvalue weighted by Crippen LogP contribution is 2.25. The van der Waals surface area contributed by atoms with Crippen LogP contribution in [0.2, 0.25) is 0 Å². The summed E-state index contributed by atoms with van der Waals surface area (Å²) in [5.74, 6) is 0.104. The molecule has 0 bridgehead atoms. The van der Waals surface area contributed by atoms with Crippen LogP contribution in [0.3, 0.4) is 0 Å². The minimum absolute atomic E-state index is 0.0692. The van der Waals surface area contributed by atoms with Crippen molar-refractivity contribution in [2.24, 2.45) is 0 Å². The predicted molar refractivity (Wildman–Crippen MR) is 86.2 cm³/mol. The van der Waals surface area contributed by atoms with Crippen LogP contribution in [-0.2, 0) is 0 Å². The Bertz CT molecular complexity index is 550. The standard InChI is InChI=1S/C17H23N3O2/c1-2-19(14-5-3-4-6-14)16(21)13-7-9-15(10-8-13)20-12-11-18-17(20)22/h7-10,14H,2-6,11-12H2,1H3,(H,18,22). The van der Waals surface area contributed by atoms with Crippen LogP contribution in [0, 0.1) is 0 Å². The highest BCUT2D eigenvalue weighted by molar-refractivity contribution is 5.97. The number of nitrogens with zero attached hydrogens (tertiary/aromatic N) is 2. The average Bonchev–Trinajstić information content (AvgIpc) is 3.20. The maximum absolute atomic E-state index is 12.7. The van der Waals surface area contributed by atoms with Gasteiger partial charge in [0.1, 0.15) is 0 Å². The Morgan fingerprint density at radius 3 is 2.50 bits per heavy atom. The van der Waals surface area contributed by atoms with Crippen molar-refractivity contribution in [3.8, 4) is 0 Å². The van der Waals surface area contributed by atoms with E-state index >= 15 is 0 Å². The van der Waals surface area contributed by atoms with Crippen molar-refractivity contribution in [1.29, 1.82) is 0 Å². The van der Waals surface area contributed by atoms with E-state index in [9.17, 15) is 9.59 Å². The van der Waals surface area contributed by atoms with E-state index < -0.39 is 0 Å². The number of urea groups is 1. The molecule has 1 aromatic rings. The number of anilines is 1. The molecule has 1 aromatic carbocycles. The molecule has 0 aromatic heterocycles. The fourth-order valence-electron chi connectivity index (χ4n) is 3.45. The molecule has 1 saturated heterocycles. The molecule has 2 aliphatic rings. The summed E-state index contributed by atoms with van der Waals surface area (Å²) in [6.07, 6.45) is 4.67. The number of nitrogens with one attached hydrogen (secondary N) is 1. The average molecular weight is 301 g/mol. The number of rotatable bonds is 4. The van der Waals surface area contributed by atoms with Crippen molar-refractivity contribution in [2.75, 3.05) is 24.5 Å². The summed E-state index contributed by atoms with van der Waals surface area (Å²) in [5, 5.41) is 2.78. The molecule has 118 valence electrons. The van der Waals surface area contributed by atoms with Gasteiger partial charge >= 0.3 is 6.03 Å². The van der Waals surface area contributed by atoms with Gasteiger partial charge in [0.25, 0.3) is 5.91 Å². The molecule has 3 amide bonds. The highest BCUT2D eigenvalue weighted by Gasteiger charge is 2.26. The maximum Gasteiger partial charge on any atom is 0.321 e. The molecular weight excluding hydrogens is 278 g/mol. The number of hydrogen-bond acceptors (Lipinski definition) is 2. The lowest BCUT2D eigenvalue weighted by molar-refractivity contribution is 0.0693. The summed E-state index contributed by atoms with van der Waals surface area (Å²) in [6, 6.07) is 7.71. The predicted octanol–water partition coefficient (Wildman–Crippen LogP) is 2.62. The largest absolute Gasteiger partial charge is 0.336 e. The van der Waals surface area contributed by atoms with Crippen molar-refractivity contribution in [3.05, 3.63) is 29.8 Å². The van der Waals surface area contributed by atoms with Gasteiger partial charge in [-0.15, -0.1) is 0 Å². The van der Waals surface area contributed by atoms with Gasteiger partial charge < -0.3 is 10.2 Å². The molecule has 1 saturated carbocycles. The van der Waals surface area contributed by atoms with Crippen molar-refractivity contribution in [2.45, 2.75) is 38.6 Å². The highest BCUT2D eigenvalue weighted by atomic mass is 16.2. The summed E-state index contributed by atoms with van der Waals surface area (Å²) >= 11 is 0. The van der Waals surface area contributed by atoms with Crippen molar-refractivity contribution >= 4 is 17.6 Å². The van der Waals surface area contributed by atoms with Crippen molar-refractivity contribution in [3.63, 3.8) is 0 Å². The number of amides is 3. The van der Waals surface area contributed by atoms with Gasteiger partial charge in [0.2, 0.25) is 0 Å². The van der Waals surface area contributed by atoms with Crippen LogP contribution in [-0.4, -0.2) is 42.5 Å². The molecule has 5 heteroatoms. The number of benzene rings is 1. The Morgan fingerprint density at radius 1 is 1.27 bits per heavy atom. The molecule has 0 spiro atoms. The second-order valence-electron chi connectivity index (χ2n) is 5.96. The topological polar surface area (TPSA) is 52.7 Å². The third kappa shape index (κ3) is 2.80. The van der Waals surface area contributed by atoms with E-state index in [0.717, 1.165) is 25.1 Å². The second-order valence-corrected chi connectivity index (χ2v) is 5.96. The van der Waals surface area contributed by atoms with Crippen LogP contribution < -0.4 is 10.2 Å². The SMILES string of the molecule is CCN(C(=O)c1ccc(N2CCNC2=O)cc1)C1CCCC1. The molecular formula is C17H23N3O2. The molecule has 1 aliphatic heterocycles. The van der Waals surface area contributed by atoms with Crippen LogP contribution in [0.25, 0.3) is 0 Å². The van der Waals surface area contributed by atoms with E-state index in [4.69, 9.17) is 0 Å². The first-order valence-electron chi connectivity index (χ1n) is 8.17. The summed E-state index contributed by atoms with van der Waals surface area (Å²) in [5.41, 5.74) is 1.55.